The van der Waals surface area contributed by atoms with Crippen LogP contribution in [0.3, 0.4) is 0 Å². The molecule has 5 rings (SSSR count). The van der Waals surface area contributed by atoms with Gasteiger partial charge in [0.2, 0.25) is 11.6 Å². The van der Waals surface area contributed by atoms with Gasteiger partial charge in [0.05, 0.1) is 46.7 Å². The summed E-state index contributed by atoms with van der Waals surface area (Å²) in [5.74, 6) is -9.79. The van der Waals surface area contributed by atoms with Gasteiger partial charge < -0.3 is 44.1 Å². The molecule has 15 nitrogen and oxygen atoms in total. The van der Waals surface area contributed by atoms with Crippen LogP contribution in [0.15, 0.2) is 47.5 Å². The number of carbonyl (C=O) groups is 6. The highest BCUT2D eigenvalue weighted by Gasteiger charge is 2.53. The van der Waals surface area contributed by atoms with Crippen molar-refractivity contribution in [1.29, 1.82) is 0 Å². The number of ketones is 3. The van der Waals surface area contributed by atoms with Gasteiger partial charge in [-0.1, -0.05) is 45.9 Å². The van der Waals surface area contributed by atoms with Crippen molar-refractivity contribution in [2.75, 3.05) is 21.2 Å². The van der Waals surface area contributed by atoms with Crippen LogP contribution in [0.1, 0.15) is 106 Å². The van der Waals surface area contributed by atoms with Crippen LogP contribution in [0.5, 0.6) is 11.5 Å². The highest BCUT2D eigenvalue weighted by molar-refractivity contribution is 6.32. The number of benzene rings is 1. The number of Topliss-reactive ketones (excluding diaryl/α,β-unsaturated/α-hetero) is 3. The van der Waals surface area contributed by atoms with Crippen molar-refractivity contribution in [2.45, 2.75) is 106 Å². The van der Waals surface area contributed by atoms with E-state index in [-0.39, 0.29) is 39.5 Å². The fourth-order valence-corrected chi connectivity index (χ4v) is 7.46. The number of hydrogen-bond acceptors (Lipinski definition) is 14. The van der Waals surface area contributed by atoms with Crippen molar-refractivity contribution < 1.29 is 62.7 Å². The van der Waals surface area contributed by atoms with Crippen molar-refractivity contribution in [3.63, 3.8) is 0 Å². The lowest BCUT2D eigenvalue weighted by Gasteiger charge is -2.38. The number of esters is 2. The fourth-order valence-electron chi connectivity index (χ4n) is 7.46. The van der Waals surface area contributed by atoms with E-state index in [2.05, 4.69) is 5.32 Å². The van der Waals surface area contributed by atoms with Gasteiger partial charge in [0.15, 0.2) is 0 Å². The van der Waals surface area contributed by atoms with Crippen LogP contribution in [0.25, 0.3) is 0 Å². The number of nitrogens with one attached hydrogen (secondary N) is 1. The predicted molar refractivity (Wildman–Crippen MR) is 215 cm³/mol. The third kappa shape index (κ3) is 9.07. The molecule has 0 radical (unpaired) electrons. The Hall–Kier alpha value is -5.12. The van der Waals surface area contributed by atoms with Crippen LogP contribution >= 0.6 is 0 Å². The van der Waals surface area contributed by atoms with E-state index in [0.717, 1.165) is 0 Å². The normalized spacial score (nSPS) is 29.4. The Bertz CT molecular complexity index is 2040. The van der Waals surface area contributed by atoms with E-state index in [1.807, 2.05) is 0 Å². The fraction of sp³-hybridized carbons (Fsp3) is 0.545. The molecule has 1 amide bonds. The number of likely N-dealkylation sites (N-methyl/N-ethyl adjacent to an activating group) is 1. The zero-order valence-corrected chi connectivity index (χ0v) is 36.3. The average Bonchev–Trinajstić information content (AvgIpc) is 3.42. The second kappa shape index (κ2) is 17.6. The van der Waals surface area contributed by atoms with Crippen molar-refractivity contribution >= 4 is 35.2 Å². The second-order valence-electron chi connectivity index (χ2n) is 17.0. The molecule has 5 bridgehead atoms. The number of methoxy groups -OCH3 is 1. The summed E-state index contributed by atoms with van der Waals surface area (Å²) >= 11 is 0. The molecule has 3 aliphatic heterocycles. The molecule has 0 saturated heterocycles. The van der Waals surface area contributed by atoms with Gasteiger partial charge in [-0.2, -0.15) is 0 Å². The SMILES string of the molecule is COC1C=COC2(C)Oc3c(C)c(OC(=O)C(C)(C)C)c4c(c3C2=O)C(=O)C(N(C)C)=C(NC(=O)C(C)=CC=CC(C)C(O)C(C)C(O)C(C)C(OC(C)=O)C1C)C4=O. The second-order valence-corrected chi connectivity index (χ2v) is 17.0. The summed E-state index contributed by atoms with van der Waals surface area (Å²) < 4.78 is 29.5. The number of carbonyl (C=O) groups excluding carboxylic acids is 6. The molecule has 0 aromatic heterocycles. The molecule has 0 saturated carbocycles. The first-order chi connectivity index (χ1) is 27.3. The summed E-state index contributed by atoms with van der Waals surface area (Å²) in [6.45, 7) is 17.2. The minimum absolute atomic E-state index is 0.0542. The number of amides is 1. The van der Waals surface area contributed by atoms with Gasteiger partial charge in [0, 0.05) is 69.9 Å². The van der Waals surface area contributed by atoms with Crippen LogP contribution in [-0.4, -0.2) is 102 Å². The molecule has 1 aliphatic carbocycles. The van der Waals surface area contributed by atoms with E-state index < -0.39 is 106 Å². The Morgan fingerprint density at radius 3 is 2.08 bits per heavy atom. The Morgan fingerprint density at radius 2 is 1.53 bits per heavy atom. The minimum atomic E-state index is -2.12. The zero-order valence-electron chi connectivity index (χ0n) is 36.3. The third-order valence-corrected chi connectivity index (χ3v) is 11.2. The molecule has 1 aromatic rings. The van der Waals surface area contributed by atoms with Gasteiger partial charge in [-0.15, -0.1) is 0 Å². The highest BCUT2D eigenvalue weighted by Crippen LogP contribution is 2.49. The number of fused-ring (bicyclic) bond motifs is 14. The number of aliphatic hydroxyl groups excluding tert-OH is 2. The van der Waals surface area contributed by atoms with E-state index in [1.165, 1.54) is 72.2 Å². The molecule has 3 N–H and O–H groups in total. The first-order valence-electron chi connectivity index (χ1n) is 19.5. The molecule has 4 aliphatic rings. The number of rotatable bonds is 4. The molecule has 59 heavy (non-hydrogen) atoms. The smallest absolute Gasteiger partial charge is 0.316 e. The molecule has 9 unspecified atom stereocenters. The zero-order chi connectivity index (χ0) is 44.6. The number of hydrogen-bond donors (Lipinski definition) is 3. The molecule has 9 atom stereocenters. The summed E-state index contributed by atoms with van der Waals surface area (Å²) in [5.41, 5.74) is -2.61. The van der Waals surface area contributed by atoms with E-state index >= 15 is 0 Å². The van der Waals surface area contributed by atoms with Gasteiger partial charge in [0.25, 0.3) is 11.7 Å². The van der Waals surface area contributed by atoms with Crippen molar-refractivity contribution in [3.8, 4) is 11.5 Å². The van der Waals surface area contributed by atoms with Crippen LogP contribution in [0.2, 0.25) is 0 Å². The summed E-state index contributed by atoms with van der Waals surface area (Å²) in [6, 6.07) is 0. The maximum atomic E-state index is 14.7. The lowest BCUT2D eigenvalue weighted by molar-refractivity contribution is -0.160. The third-order valence-electron chi connectivity index (χ3n) is 11.2. The number of aliphatic hydroxyl groups is 2. The van der Waals surface area contributed by atoms with Crippen molar-refractivity contribution in [3.05, 3.63) is 69.8 Å². The van der Waals surface area contributed by atoms with E-state index in [4.69, 9.17) is 23.7 Å². The molecule has 1 aromatic carbocycles. The topological polar surface area (TPSA) is 204 Å². The quantitative estimate of drug-likeness (QED) is 0.277. The lowest BCUT2D eigenvalue weighted by Crippen LogP contribution is -2.46. The summed E-state index contributed by atoms with van der Waals surface area (Å²) in [4.78, 5) is 84.7. The van der Waals surface area contributed by atoms with Crippen molar-refractivity contribution in [1.82, 2.24) is 10.2 Å². The van der Waals surface area contributed by atoms with Crippen LogP contribution in [-0.2, 0) is 28.6 Å². The predicted octanol–water partition coefficient (Wildman–Crippen LogP) is 4.77. The van der Waals surface area contributed by atoms with Crippen LogP contribution in [0, 0.1) is 36.0 Å². The standard InChI is InChI=1S/C44H58N2O13/c1-20-16-15-17-21(2)41(53)45-31-32(46(12)13)36(51)28-29(35(31)50)38(58-42(54)43(8,9)10)25(6)39-30(28)40(52)44(11,59-39)56-19-18-27(55-14)22(3)37(57-26(7)47)24(5)34(49)23(4)33(20)48/h15-20,22-24,27,33-34,37,48-49H,1-14H3,(H,45,53). The van der Waals surface area contributed by atoms with Gasteiger partial charge in [0.1, 0.15) is 29.0 Å². The first-order valence-corrected chi connectivity index (χ1v) is 19.5. The first kappa shape index (κ1) is 46.6. The molecule has 0 fully saturated rings. The summed E-state index contributed by atoms with van der Waals surface area (Å²) in [7, 11) is 4.41. The Kier molecular flexibility index (Phi) is 13.9. The average molecular weight is 823 g/mol. The summed E-state index contributed by atoms with van der Waals surface area (Å²) in [6.07, 6.45) is 3.32. The maximum Gasteiger partial charge on any atom is 0.316 e. The van der Waals surface area contributed by atoms with Crippen molar-refractivity contribution in [2.24, 2.45) is 29.1 Å². The monoisotopic (exact) mass is 822 g/mol. The van der Waals surface area contributed by atoms with Gasteiger partial charge >= 0.3 is 17.7 Å². The van der Waals surface area contributed by atoms with E-state index in [1.54, 1.807) is 60.6 Å². The van der Waals surface area contributed by atoms with Gasteiger partial charge in [-0.25, -0.2) is 0 Å². The lowest BCUT2D eigenvalue weighted by atomic mass is 9.78. The molecular formula is C44H58N2O13. The van der Waals surface area contributed by atoms with Crippen LogP contribution < -0.4 is 14.8 Å². The molecule has 3 heterocycles. The number of nitrogens with zero attached hydrogens (tertiary/aromatic N) is 1. The number of allylic oxidation sites excluding steroid dienone is 4. The Balaban J connectivity index is 1.99. The highest BCUT2D eigenvalue weighted by atomic mass is 16.7. The molecule has 0 spiro atoms. The maximum absolute atomic E-state index is 14.7. The Labute approximate surface area is 345 Å². The molecule has 322 valence electrons. The molecule has 15 heteroatoms. The van der Waals surface area contributed by atoms with E-state index in [0.29, 0.717) is 0 Å². The van der Waals surface area contributed by atoms with Gasteiger partial charge in [-0.05, 0) is 40.7 Å². The van der Waals surface area contributed by atoms with Gasteiger partial charge in [-0.3, -0.25) is 28.8 Å². The van der Waals surface area contributed by atoms with E-state index in [9.17, 15) is 39.0 Å². The largest absolute Gasteiger partial charge is 0.462 e. The molecular weight excluding hydrogens is 764 g/mol. The Morgan fingerprint density at radius 1 is 0.898 bits per heavy atom. The number of ether oxygens (including phenoxy) is 5. The minimum Gasteiger partial charge on any atom is -0.462 e. The van der Waals surface area contributed by atoms with Crippen LogP contribution in [0.4, 0.5) is 0 Å². The summed E-state index contributed by atoms with van der Waals surface area (Å²) in [5, 5.41) is 25.4.